The number of aromatic nitrogens is 1. The minimum absolute atomic E-state index is 0.136. The Hall–Kier alpha value is -1.62. The Kier molecular flexibility index (Phi) is 3.38. The molecule has 5 heteroatoms. The third kappa shape index (κ3) is 2.50. The van der Waals surface area contributed by atoms with E-state index >= 15 is 0 Å². The summed E-state index contributed by atoms with van der Waals surface area (Å²) in [5, 5.41) is 6.31. The normalized spacial score (nSPS) is 23.4. The number of anilines is 2. The van der Waals surface area contributed by atoms with E-state index in [1.165, 1.54) is 0 Å². The van der Waals surface area contributed by atoms with Gasteiger partial charge < -0.3 is 15.5 Å². The molecule has 1 saturated carbocycles. The molecule has 5 nitrogen and oxygen atoms in total. The van der Waals surface area contributed by atoms with Crippen molar-refractivity contribution in [3.05, 3.63) is 18.3 Å². The van der Waals surface area contributed by atoms with Gasteiger partial charge in [0.05, 0.1) is 11.9 Å². The summed E-state index contributed by atoms with van der Waals surface area (Å²) in [6, 6.07) is 3.83. The zero-order valence-corrected chi connectivity index (χ0v) is 12.1. The average Bonchev–Trinajstić information content (AvgIpc) is 3.14. The standard InChI is InChI=1S/C15H22N4O/c1-19(2)11-3-4-13(17-10-11)18-14(20)12-9-15(12)5-7-16-8-6-15/h3-4,10,12,16H,5-9H2,1-2H3,(H,17,18,20). The number of hydrogen-bond acceptors (Lipinski definition) is 4. The van der Waals surface area contributed by atoms with Gasteiger partial charge in [-0.3, -0.25) is 4.79 Å². The highest BCUT2D eigenvalue weighted by molar-refractivity contribution is 5.94. The van der Waals surface area contributed by atoms with Gasteiger partial charge in [-0.1, -0.05) is 0 Å². The first-order chi connectivity index (χ1) is 9.61. The predicted octanol–water partition coefficient (Wildman–Crippen LogP) is 1.48. The van der Waals surface area contributed by atoms with Crippen molar-refractivity contribution in [1.29, 1.82) is 0 Å². The minimum atomic E-state index is 0.136. The van der Waals surface area contributed by atoms with Crippen LogP contribution in [0.15, 0.2) is 18.3 Å². The third-order valence-electron chi connectivity index (χ3n) is 4.62. The van der Waals surface area contributed by atoms with Crippen molar-refractivity contribution in [2.24, 2.45) is 11.3 Å². The zero-order valence-electron chi connectivity index (χ0n) is 12.1. The van der Waals surface area contributed by atoms with Gasteiger partial charge in [0.1, 0.15) is 5.82 Å². The van der Waals surface area contributed by atoms with Gasteiger partial charge in [-0.25, -0.2) is 4.98 Å². The van der Waals surface area contributed by atoms with Gasteiger partial charge in [0.2, 0.25) is 5.91 Å². The molecule has 0 aromatic carbocycles. The maximum atomic E-state index is 12.3. The van der Waals surface area contributed by atoms with Crippen molar-refractivity contribution in [2.45, 2.75) is 19.3 Å². The molecule has 2 N–H and O–H groups in total. The maximum Gasteiger partial charge on any atom is 0.229 e. The second kappa shape index (κ2) is 5.05. The average molecular weight is 274 g/mol. The summed E-state index contributed by atoms with van der Waals surface area (Å²) in [6.07, 6.45) is 5.06. The van der Waals surface area contributed by atoms with E-state index in [9.17, 15) is 4.79 Å². The van der Waals surface area contributed by atoms with Crippen LogP contribution in [0, 0.1) is 11.3 Å². The quantitative estimate of drug-likeness (QED) is 0.876. The fourth-order valence-electron chi connectivity index (χ4n) is 3.13. The smallest absolute Gasteiger partial charge is 0.229 e. The van der Waals surface area contributed by atoms with Gasteiger partial charge in [0.25, 0.3) is 0 Å². The van der Waals surface area contributed by atoms with Crippen molar-refractivity contribution in [2.75, 3.05) is 37.4 Å². The number of piperidine rings is 1. The number of pyridine rings is 1. The first kappa shape index (κ1) is 13.4. The molecule has 2 aliphatic rings. The number of carbonyl (C=O) groups excluding carboxylic acids is 1. The number of hydrogen-bond donors (Lipinski definition) is 2. The Morgan fingerprint density at radius 1 is 1.40 bits per heavy atom. The lowest BCUT2D eigenvalue weighted by Gasteiger charge is -2.23. The summed E-state index contributed by atoms with van der Waals surface area (Å²) >= 11 is 0. The molecule has 1 spiro atoms. The van der Waals surface area contributed by atoms with Crippen molar-refractivity contribution < 1.29 is 4.79 Å². The predicted molar refractivity (Wildman–Crippen MR) is 79.8 cm³/mol. The number of carbonyl (C=O) groups is 1. The molecule has 1 aromatic rings. The molecular formula is C15H22N4O. The van der Waals surface area contributed by atoms with Crippen LogP contribution in [-0.4, -0.2) is 38.1 Å². The number of nitrogens with zero attached hydrogens (tertiary/aromatic N) is 2. The van der Waals surface area contributed by atoms with Crippen LogP contribution in [0.5, 0.6) is 0 Å². The summed E-state index contributed by atoms with van der Waals surface area (Å²) in [4.78, 5) is 18.6. The van der Waals surface area contributed by atoms with E-state index in [0.717, 1.165) is 38.0 Å². The van der Waals surface area contributed by atoms with Crippen LogP contribution in [0.2, 0.25) is 0 Å². The molecule has 1 aliphatic heterocycles. The van der Waals surface area contributed by atoms with E-state index in [4.69, 9.17) is 0 Å². The Bertz CT molecular complexity index is 491. The van der Waals surface area contributed by atoms with Crippen molar-refractivity contribution in [3.63, 3.8) is 0 Å². The van der Waals surface area contributed by atoms with Gasteiger partial charge >= 0.3 is 0 Å². The molecular weight excluding hydrogens is 252 g/mol. The topological polar surface area (TPSA) is 57.3 Å². The molecule has 0 bridgehead atoms. The van der Waals surface area contributed by atoms with Crippen molar-refractivity contribution in [3.8, 4) is 0 Å². The first-order valence-electron chi connectivity index (χ1n) is 7.26. The van der Waals surface area contributed by atoms with Crippen LogP contribution >= 0.6 is 0 Å². The second-order valence-electron chi connectivity index (χ2n) is 6.15. The van der Waals surface area contributed by atoms with E-state index < -0.39 is 0 Å². The first-order valence-corrected chi connectivity index (χ1v) is 7.26. The summed E-state index contributed by atoms with van der Waals surface area (Å²) in [5.74, 6) is 0.966. The monoisotopic (exact) mass is 274 g/mol. The van der Waals surface area contributed by atoms with E-state index in [2.05, 4.69) is 15.6 Å². The van der Waals surface area contributed by atoms with Crippen molar-refractivity contribution >= 4 is 17.4 Å². The van der Waals surface area contributed by atoms with Gasteiger partial charge in [0, 0.05) is 20.0 Å². The number of nitrogens with one attached hydrogen (secondary N) is 2. The molecule has 3 rings (SSSR count). The van der Waals surface area contributed by atoms with Crippen LogP contribution in [-0.2, 0) is 4.79 Å². The van der Waals surface area contributed by atoms with E-state index in [1.807, 2.05) is 31.1 Å². The summed E-state index contributed by atoms with van der Waals surface area (Å²) in [6.45, 7) is 2.08. The van der Waals surface area contributed by atoms with Crippen LogP contribution in [0.25, 0.3) is 0 Å². The third-order valence-corrected chi connectivity index (χ3v) is 4.62. The number of rotatable bonds is 3. The van der Waals surface area contributed by atoms with E-state index in [-0.39, 0.29) is 17.2 Å². The largest absolute Gasteiger partial charge is 0.376 e. The molecule has 1 atom stereocenters. The van der Waals surface area contributed by atoms with Crippen LogP contribution in [0.1, 0.15) is 19.3 Å². The lowest BCUT2D eigenvalue weighted by atomic mass is 9.92. The van der Waals surface area contributed by atoms with Crippen LogP contribution in [0.4, 0.5) is 11.5 Å². The van der Waals surface area contributed by atoms with Gasteiger partial charge in [-0.05, 0) is 49.9 Å². The van der Waals surface area contributed by atoms with Gasteiger partial charge in [0.15, 0.2) is 0 Å². The van der Waals surface area contributed by atoms with Gasteiger partial charge in [-0.15, -0.1) is 0 Å². The Morgan fingerprint density at radius 3 is 2.75 bits per heavy atom. The summed E-state index contributed by atoms with van der Waals surface area (Å²) in [5.41, 5.74) is 1.31. The zero-order chi connectivity index (χ0) is 14.2. The van der Waals surface area contributed by atoms with Crippen molar-refractivity contribution in [1.82, 2.24) is 10.3 Å². The highest BCUT2D eigenvalue weighted by Gasteiger charge is 2.57. The van der Waals surface area contributed by atoms with Gasteiger partial charge in [-0.2, -0.15) is 0 Å². The fraction of sp³-hybridized carbons (Fsp3) is 0.600. The molecule has 2 fully saturated rings. The summed E-state index contributed by atoms with van der Waals surface area (Å²) in [7, 11) is 3.95. The second-order valence-corrected chi connectivity index (χ2v) is 6.15. The highest BCUT2D eigenvalue weighted by atomic mass is 16.2. The molecule has 108 valence electrons. The van der Waals surface area contributed by atoms with E-state index in [1.54, 1.807) is 6.20 Å². The maximum absolute atomic E-state index is 12.3. The van der Waals surface area contributed by atoms with E-state index in [0.29, 0.717) is 5.82 Å². The fourth-order valence-corrected chi connectivity index (χ4v) is 3.13. The molecule has 2 heterocycles. The molecule has 1 unspecified atom stereocenters. The Labute approximate surface area is 119 Å². The molecule has 1 aromatic heterocycles. The highest BCUT2D eigenvalue weighted by Crippen LogP contribution is 2.58. The lowest BCUT2D eigenvalue weighted by Crippen LogP contribution is -2.31. The Balaban J connectivity index is 1.59. The molecule has 1 saturated heterocycles. The van der Waals surface area contributed by atoms with Crippen LogP contribution in [0.3, 0.4) is 0 Å². The SMILES string of the molecule is CN(C)c1ccc(NC(=O)C2CC23CCNCC3)nc1. The minimum Gasteiger partial charge on any atom is -0.376 e. The van der Waals surface area contributed by atoms with Crippen LogP contribution < -0.4 is 15.5 Å². The molecule has 1 amide bonds. The molecule has 0 radical (unpaired) electrons. The molecule has 1 aliphatic carbocycles. The Morgan fingerprint density at radius 2 is 2.15 bits per heavy atom. The lowest BCUT2D eigenvalue weighted by molar-refractivity contribution is -0.118. The number of amides is 1. The summed E-state index contributed by atoms with van der Waals surface area (Å²) < 4.78 is 0. The molecule has 20 heavy (non-hydrogen) atoms.